The van der Waals surface area contributed by atoms with Gasteiger partial charge in [0.2, 0.25) is 0 Å². The number of aliphatic carboxylic acids is 1. The summed E-state index contributed by atoms with van der Waals surface area (Å²) in [6.07, 6.45) is -5.72. The fourth-order valence-corrected chi connectivity index (χ4v) is 2.79. The molecule has 0 aliphatic rings. The molecule has 0 saturated heterocycles. The molecule has 0 spiro atoms. The van der Waals surface area contributed by atoms with Gasteiger partial charge in [-0.05, 0) is 29.5 Å². The molecule has 2 rings (SSSR count). The van der Waals surface area contributed by atoms with Gasteiger partial charge in [-0.3, -0.25) is 0 Å². The zero-order chi connectivity index (χ0) is 20.7. The predicted octanol–water partition coefficient (Wildman–Crippen LogP) is 4.58. The van der Waals surface area contributed by atoms with Crippen LogP contribution in [0.1, 0.15) is 36.0 Å². The Balaban J connectivity index is 2.03. The van der Waals surface area contributed by atoms with Gasteiger partial charge in [-0.1, -0.05) is 55.5 Å². The van der Waals surface area contributed by atoms with E-state index >= 15 is 0 Å². The van der Waals surface area contributed by atoms with E-state index in [0.29, 0.717) is 0 Å². The van der Waals surface area contributed by atoms with E-state index in [4.69, 9.17) is 4.74 Å². The molecule has 2 aromatic rings. The molecule has 0 radical (unpaired) electrons. The highest BCUT2D eigenvalue weighted by Gasteiger charge is 2.35. The van der Waals surface area contributed by atoms with Gasteiger partial charge >= 0.3 is 18.2 Å². The summed E-state index contributed by atoms with van der Waals surface area (Å²) in [6, 6.07) is 12.4. The molecule has 0 aromatic heterocycles. The highest BCUT2D eigenvalue weighted by atomic mass is 19.4. The first-order chi connectivity index (χ1) is 13.2. The van der Waals surface area contributed by atoms with Crippen LogP contribution in [0.3, 0.4) is 0 Å². The molecule has 0 heterocycles. The summed E-state index contributed by atoms with van der Waals surface area (Å²) in [7, 11) is 0. The zero-order valence-corrected chi connectivity index (χ0v) is 15.1. The number of hydrogen-bond acceptors (Lipinski definition) is 3. The molecule has 150 valence electrons. The van der Waals surface area contributed by atoms with Crippen molar-refractivity contribution in [2.75, 3.05) is 0 Å². The molecule has 1 amide bonds. The molecule has 0 unspecified atom stereocenters. The minimum Gasteiger partial charge on any atom is -0.480 e. The van der Waals surface area contributed by atoms with Crippen molar-refractivity contribution in [3.8, 4) is 0 Å². The van der Waals surface area contributed by atoms with Gasteiger partial charge in [0.1, 0.15) is 12.6 Å². The predicted molar refractivity (Wildman–Crippen MR) is 95.7 cm³/mol. The Hall–Kier alpha value is -3.03. The molecule has 0 aliphatic carbocycles. The number of carbonyl (C=O) groups is 2. The molecule has 2 aromatic carbocycles. The topological polar surface area (TPSA) is 75.6 Å². The molecule has 0 aliphatic heterocycles. The fourth-order valence-electron chi connectivity index (χ4n) is 2.79. The van der Waals surface area contributed by atoms with E-state index in [1.807, 2.05) is 0 Å². The summed E-state index contributed by atoms with van der Waals surface area (Å²) >= 11 is 0. The number of carboxylic acids is 1. The Kier molecular flexibility index (Phi) is 7.03. The molecule has 2 N–H and O–H groups in total. The summed E-state index contributed by atoms with van der Waals surface area (Å²) in [6.45, 7) is 1.43. The first kappa shape index (κ1) is 21.3. The maximum atomic E-state index is 13.2. The number of hydrogen-bond donors (Lipinski definition) is 2. The van der Waals surface area contributed by atoms with Gasteiger partial charge < -0.3 is 15.2 Å². The van der Waals surface area contributed by atoms with Gasteiger partial charge in [0.05, 0.1) is 5.56 Å². The van der Waals surface area contributed by atoms with E-state index in [2.05, 4.69) is 5.32 Å². The van der Waals surface area contributed by atoms with E-state index in [9.17, 15) is 27.9 Å². The lowest BCUT2D eigenvalue weighted by atomic mass is 9.90. The van der Waals surface area contributed by atoms with E-state index < -0.39 is 35.8 Å². The fraction of sp³-hybridized carbons (Fsp3) is 0.300. The molecule has 8 heteroatoms. The first-order valence-electron chi connectivity index (χ1n) is 8.54. The second kappa shape index (κ2) is 9.25. The number of alkyl halides is 3. The van der Waals surface area contributed by atoms with Gasteiger partial charge in [0.15, 0.2) is 0 Å². The van der Waals surface area contributed by atoms with Crippen LogP contribution in [-0.2, 0) is 22.3 Å². The van der Waals surface area contributed by atoms with Crippen molar-refractivity contribution in [1.29, 1.82) is 0 Å². The molecule has 0 saturated carbocycles. The number of alkyl carbamates (subject to hydrolysis) is 1. The maximum Gasteiger partial charge on any atom is 0.416 e. The summed E-state index contributed by atoms with van der Waals surface area (Å²) in [4.78, 5) is 23.4. The molecule has 0 fully saturated rings. The Bertz CT molecular complexity index is 809. The summed E-state index contributed by atoms with van der Waals surface area (Å²) in [5.41, 5.74) is -0.129. The van der Waals surface area contributed by atoms with Crippen molar-refractivity contribution in [1.82, 2.24) is 5.32 Å². The molecular formula is C20H20F3NO4. The molecule has 0 bridgehead atoms. The number of nitrogens with one attached hydrogen (secondary N) is 1. The second-order valence-electron chi connectivity index (χ2n) is 6.32. The Morgan fingerprint density at radius 2 is 1.68 bits per heavy atom. The van der Waals surface area contributed by atoms with Crippen LogP contribution in [0.15, 0.2) is 54.6 Å². The number of carbonyl (C=O) groups excluding carboxylic acids is 1. The average molecular weight is 395 g/mol. The van der Waals surface area contributed by atoms with Crippen molar-refractivity contribution >= 4 is 12.1 Å². The number of rotatable bonds is 7. The highest BCUT2D eigenvalue weighted by molar-refractivity contribution is 5.80. The third kappa shape index (κ3) is 6.00. The van der Waals surface area contributed by atoms with E-state index in [1.165, 1.54) is 25.1 Å². The Labute approximate surface area is 160 Å². The third-order valence-corrected chi connectivity index (χ3v) is 4.19. The van der Waals surface area contributed by atoms with Crippen LogP contribution in [0.5, 0.6) is 0 Å². The molecule has 28 heavy (non-hydrogen) atoms. The van der Waals surface area contributed by atoms with Crippen molar-refractivity contribution < 1.29 is 32.6 Å². The average Bonchev–Trinajstić information content (AvgIpc) is 2.66. The van der Waals surface area contributed by atoms with Crippen LogP contribution < -0.4 is 5.32 Å². The summed E-state index contributed by atoms with van der Waals surface area (Å²) < 4.78 is 44.5. The smallest absolute Gasteiger partial charge is 0.416 e. The minimum atomic E-state index is -4.55. The number of benzene rings is 2. The zero-order valence-electron chi connectivity index (χ0n) is 15.1. The Morgan fingerprint density at radius 1 is 1.07 bits per heavy atom. The van der Waals surface area contributed by atoms with Crippen LogP contribution in [0.4, 0.5) is 18.0 Å². The van der Waals surface area contributed by atoms with Crippen LogP contribution in [0, 0.1) is 0 Å². The lowest BCUT2D eigenvalue weighted by Gasteiger charge is -2.22. The van der Waals surface area contributed by atoms with E-state index in [1.54, 1.807) is 30.3 Å². The quantitative estimate of drug-likeness (QED) is 0.720. The van der Waals surface area contributed by atoms with Crippen LogP contribution in [-0.4, -0.2) is 23.2 Å². The number of amides is 1. The van der Waals surface area contributed by atoms with Gasteiger partial charge in [0.25, 0.3) is 0 Å². The van der Waals surface area contributed by atoms with Crippen LogP contribution in [0.25, 0.3) is 0 Å². The van der Waals surface area contributed by atoms with Gasteiger partial charge in [0, 0.05) is 0 Å². The molecule has 2 atom stereocenters. The Morgan fingerprint density at radius 3 is 2.29 bits per heavy atom. The van der Waals surface area contributed by atoms with Gasteiger partial charge in [-0.25, -0.2) is 9.59 Å². The molecular weight excluding hydrogens is 375 g/mol. The minimum absolute atomic E-state index is 0.0271. The van der Waals surface area contributed by atoms with Crippen molar-refractivity contribution in [3.63, 3.8) is 0 Å². The summed E-state index contributed by atoms with van der Waals surface area (Å²) in [5.74, 6) is -2.11. The van der Waals surface area contributed by atoms with Crippen molar-refractivity contribution in [3.05, 3.63) is 71.3 Å². The largest absolute Gasteiger partial charge is 0.480 e. The number of ether oxygens (including phenoxy) is 1. The second-order valence-corrected chi connectivity index (χ2v) is 6.32. The van der Waals surface area contributed by atoms with Crippen molar-refractivity contribution in [2.24, 2.45) is 0 Å². The maximum absolute atomic E-state index is 13.2. The van der Waals surface area contributed by atoms with Gasteiger partial charge in [-0.15, -0.1) is 0 Å². The van der Waals surface area contributed by atoms with E-state index in [-0.39, 0.29) is 18.6 Å². The third-order valence-electron chi connectivity index (χ3n) is 4.19. The molecule has 5 nitrogen and oxygen atoms in total. The van der Waals surface area contributed by atoms with Crippen LogP contribution in [0.2, 0.25) is 0 Å². The summed E-state index contributed by atoms with van der Waals surface area (Å²) in [5, 5.41) is 11.5. The van der Waals surface area contributed by atoms with Crippen molar-refractivity contribution in [2.45, 2.75) is 38.1 Å². The lowest BCUT2D eigenvalue weighted by molar-refractivity contribution is -0.139. The number of carboxylic acid groups (broad SMARTS) is 1. The first-order valence-corrected chi connectivity index (χ1v) is 8.54. The highest BCUT2D eigenvalue weighted by Crippen LogP contribution is 2.36. The van der Waals surface area contributed by atoms with Crippen LogP contribution >= 0.6 is 0 Å². The van der Waals surface area contributed by atoms with E-state index in [0.717, 1.165) is 11.6 Å². The standard InChI is InChI=1S/C20H20F3NO4/c1-13(15-9-5-6-10-16(15)20(21,22)23)11-17(18(25)26)24-19(27)28-12-14-7-3-2-4-8-14/h2-10,13,17H,11-12H2,1H3,(H,24,27)(H,25,26)/t13-,17-/m0/s1. The number of halogens is 3. The normalized spacial score (nSPS) is 13.4. The monoisotopic (exact) mass is 395 g/mol. The SMILES string of the molecule is C[C@@H](C[C@H](NC(=O)OCc1ccccc1)C(=O)O)c1ccccc1C(F)(F)F. The lowest BCUT2D eigenvalue weighted by Crippen LogP contribution is -2.41. The van der Waals surface area contributed by atoms with Gasteiger partial charge in [-0.2, -0.15) is 13.2 Å².